The molecule has 0 unspecified atom stereocenters. The average Bonchev–Trinajstić information content (AvgIpc) is 2.55. The van der Waals surface area contributed by atoms with Gasteiger partial charge in [-0.25, -0.2) is 0 Å². The van der Waals surface area contributed by atoms with E-state index in [-0.39, 0.29) is 0 Å². The lowest BCUT2D eigenvalue weighted by Gasteiger charge is -2.22. The first-order valence-corrected chi connectivity index (χ1v) is 8.47. The van der Waals surface area contributed by atoms with Gasteiger partial charge in [-0.05, 0) is 56.5 Å². The second-order valence-electron chi connectivity index (χ2n) is 5.81. The third-order valence-electron chi connectivity index (χ3n) is 3.92. The van der Waals surface area contributed by atoms with Gasteiger partial charge in [-0.15, -0.1) is 0 Å². The molecule has 118 valence electrons. The summed E-state index contributed by atoms with van der Waals surface area (Å²) < 4.78 is 11.3. The monoisotopic (exact) mass is 291 g/mol. The van der Waals surface area contributed by atoms with Crippen molar-refractivity contribution in [1.82, 2.24) is 5.32 Å². The molecule has 0 aromatic heterocycles. The van der Waals surface area contributed by atoms with Gasteiger partial charge < -0.3 is 14.8 Å². The third-order valence-corrected chi connectivity index (χ3v) is 3.92. The van der Waals surface area contributed by atoms with Crippen LogP contribution in [0.3, 0.4) is 0 Å². The van der Waals surface area contributed by atoms with E-state index in [1.54, 1.807) is 0 Å². The van der Waals surface area contributed by atoms with Crippen LogP contribution in [0.4, 0.5) is 0 Å². The van der Waals surface area contributed by atoms with Crippen LogP contribution in [-0.2, 0) is 0 Å². The second-order valence-corrected chi connectivity index (χ2v) is 5.81. The Morgan fingerprint density at radius 1 is 0.952 bits per heavy atom. The highest BCUT2D eigenvalue weighted by Crippen LogP contribution is 2.18. The van der Waals surface area contributed by atoms with Gasteiger partial charge in [0, 0.05) is 6.04 Å². The van der Waals surface area contributed by atoms with Crippen molar-refractivity contribution in [1.29, 1.82) is 0 Å². The van der Waals surface area contributed by atoms with Crippen molar-refractivity contribution >= 4 is 0 Å². The Labute approximate surface area is 129 Å². The standard InChI is InChI=1S/C18H29NO2/c1-2-14-20-17-9-11-18(12-10-17)21-15-6-13-19-16-7-4-3-5-8-16/h9-12,16,19H,2-8,13-15H2,1H3. The van der Waals surface area contributed by atoms with Crippen molar-refractivity contribution in [2.45, 2.75) is 57.9 Å². The second kappa shape index (κ2) is 9.67. The zero-order valence-corrected chi connectivity index (χ0v) is 13.3. The highest BCUT2D eigenvalue weighted by Gasteiger charge is 2.11. The first kappa shape index (κ1) is 16.2. The summed E-state index contributed by atoms with van der Waals surface area (Å²) in [6.07, 6.45) is 8.98. The molecule has 0 spiro atoms. The molecule has 1 aromatic rings. The fourth-order valence-corrected chi connectivity index (χ4v) is 2.73. The van der Waals surface area contributed by atoms with E-state index in [1.807, 2.05) is 24.3 Å². The Morgan fingerprint density at radius 2 is 1.57 bits per heavy atom. The van der Waals surface area contributed by atoms with E-state index in [9.17, 15) is 0 Å². The van der Waals surface area contributed by atoms with Gasteiger partial charge in [0.15, 0.2) is 0 Å². The number of hydrogen-bond donors (Lipinski definition) is 1. The Balaban J connectivity index is 1.55. The summed E-state index contributed by atoms with van der Waals surface area (Å²) in [7, 11) is 0. The van der Waals surface area contributed by atoms with Crippen molar-refractivity contribution < 1.29 is 9.47 Å². The van der Waals surface area contributed by atoms with Crippen LogP contribution in [0.2, 0.25) is 0 Å². The van der Waals surface area contributed by atoms with E-state index in [4.69, 9.17) is 9.47 Å². The molecule has 1 aliphatic rings. The number of nitrogens with one attached hydrogen (secondary N) is 1. The van der Waals surface area contributed by atoms with Crippen LogP contribution in [0.15, 0.2) is 24.3 Å². The van der Waals surface area contributed by atoms with Crippen LogP contribution < -0.4 is 14.8 Å². The Bertz CT molecular complexity index is 371. The van der Waals surface area contributed by atoms with E-state index < -0.39 is 0 Å². The number of rotatable bonds is 9. The Kier molecular flexibility index (Phi) is 7.44. The summed E-state index contributed by atoms with van der Waals surface area (Å²) in [6, 6.07) is 8.67. The van der Waals surface area contributed by atoms with Gasteiger partial charge in [-0.3, -0.25) is 0 Å². The summed E-state index contributed by atoms with van der Waals surface area (Å²) in [5.74, 6) is 1.85. The van der Waals surface area contributed by atoms with Crippen molar-refractivity contribution in [3.8, 4) is 11.5 Å². The molecule has 1 saturated carbocycles. The first-order valence-electron chi connectivity index (χ1n) is 8.47. The van der Waals surface area contributed by atoms with Gasteiger partial charge in [-0.2, -0.15) is 0 Å². The van der Waals surface area contributed by atoms with Gasteiger partial charge in [0.05, 0.1) is 13.2 Å². The molecular formula is C18H29NO2. The molecule has 0 bridgehead atoms. The van der Waals surface area contributed by atoms with Crippen LogP contribution in [0.1, 0.15) is 51.9 Å². The average molecular weight is 291 g/mol. The summed E-state index contributed by atoms with van der Waals surface area (Å²) in [5.41, 5.74) is 0. The van der Waals surface area contributed by atoms with Gasteiger partial charge in [-0.1, -0.05) is 26.2 Å². The lowest BCUT2D eigenvalue weighted by Crippen LogP contribution is -2.32. The van der Waals surface area contributed by atoms with Gasteiger partial charge in [0.25, 0.3) is 0 Å². The van der Waals surface area contributed by atoms with Gasteiger partial charge >= 0.3 is 0 Å². The van der Waals surface area contributed by atoms with Crippen molar-refractivity contribution in [3.63, 3.8) is 0 Å². The highest BCUT2D eigenvalue weighted by molar-refractivity contribution is 5.31. The molecule has 3 nitrogen and oxygen atoms in total. The molecule has 0 amide bonds. The maximum absolute atomic E-state index is 5.76. The summed E-state index contributed by atoms with van der Waals surface area (Å²) in [5, 5.41) is 3.64. The lowest BCUT2D eigenvalue weighted by molar-refractivity contribution is 0.294. The largest absolute Gasteiger partial charge is 0.494 e. The summed E-state index contributed by atoms with van der Waals surface area (Å²) in [6.45, 7) is 4.71. The van der Waals surface area contributed by atoms with Crippen LogP contribution in [-0.4, -0.2) is 25.8 Å². The molecule has 0 atom stereocenters. The molecule has 1 aromatic carbocycles. The minimum Gasteiger partial charge on any atom is -0.494 e. The molecule has 1 aliphatic carbocycles. The molecule has 0 heterocycles. The van der Waals surface area contributed by atoms with E-state index in [1.165, 1.54) is 32.1 Å². The summed E-state index contributed by atoms with van der Waals surface area (Å²) >= 11 is 0. The fourth-order valence-electron chi connectivity index (χ4n) is 2.73. The minimum atomic E-state index is 0.744. The zero-order valence-electron chi connectivity index (χ0n) is 13.3. The third kappa shape index (κ3) is 6.38. The van der Waals surface area contributed by atoms with E-state index in [0.29, 0.717) is 0 Å². The number of hydrogen-bond acceptors (Lipinski definition) is 3. The van der Waals surface area contributed by atoms with E-state index in [2.05, 4.69) is 12.2 Å². The minimum absolute atomic E-state index is 0.744. The number of benzene rings is 1. The van der Waals surface area contributed by atoms with E-state index >= 15 is 0 Å². The van der Waals surface area contributed by atoms with Crippen LogP contribution in [0.5, 0.6) is 11.5 Å². The van der Waals surface area contributed by atoms with Crippen LogP contribution in [0, 0.1) is 0 Å². The van der Waals surface area contributed by atoms with Crippen LogP contribution in [0.25, 0.3) is 0 Å². The topological polar surface area (TPSA) is 30.5 Å². The van der Waals surface area contributed by atoms with Crippen LogP contribution >= 0.6 is 0 Å². The molecule has 0 aliphatic heterocycles. The molecule has 0 saturated heterocycles. The SMILES string of the molecule is CCCOc1ccc(OCCCNC2CCCCC2)cc1. The Hall–Kier alpha value is -1.22. The van der Waals surface area contributed by atoms with Crippen molar-refractivity contribution in [2.75, 3.05) is 19.8 Å². The molecule has 3 heteroatoms. The van der Waals surface area contributed by atoms with Gasteiger partial charge in [0.1, 0.15) is 11.5 Å². The quantitative estimate of drug-likeness (QED) is 0.693. The highest BCUT2D eigenvalue weighted by atomic mass is 16.5. The Morgan fingerprint density at radius 3 is 2.19 bits per heavy atom. The molecule has 0 radical (unpaired) electrons. The molecular weight excluding hydrogens is 262 g/mol. The molecule has 21 heavy (non-hydrogen) atoms. The first-order chi connectivity index (χ1) is 10.4. The molecule has 1 fully saturated rings. The maximum Gasteiger partial charge on any atom is 0.119 e. The molecule has 1 N–H and O–H groups in total. The summed E-state index contributed by atoms with van der Waals surface area (Å²) in [4.78, 5) is 0. The fraction of sp³-hybridized carbons (Fsp3) is 0.667. The normalized spacial score (nSPS) is 15.9. The molecule has 2 rings (SSSR count). The van der Waals surface area contributed by atoms with E-state index in [0.717, 1.165) is 50.1 Å². The lowest BCUT2D eigenvalue weighted by atomic mass is 9.95. The smallest absolute Gasteiger partial charge is 0.119 e. The number of ether oxygens (including phenoxy) is 2. The zero-order chi connectivity index (χ0) is 14.8. The maximum atomic E-state index is 5.76. The van der Waals surface area contributed by atoms with Crippen molar-refractivity contribution in [2.24, 2.45) is 0 Å². The predicted molar refractivity (Wildman–Crippen MR) is 87.2 cm³/mol. The predicted octanol–water partition coefficient (Wildman–Crippen LogP) is 4.17. The van der Waals surface area contributed by atoms with Gasteiger partial charge in [0.2, 0.25) is 0 Å². The van der Waals surface area contributed by atoms with Crippen molar-refractivity contribution in [3.05, 3.63) is 24.3 Å².